The van der Waals surface area contributed by atoms with Crippen LogP contribution in [-0.4, -0.2) is 18.0 Å². The Hall–Kier alpha value is -1.35. The lowest BCUT2D eigenvalue weighted by molar-refractivity contribution is 0.0910. The molecule has 15 heavy (non-hydrogen) atoms. The van der Waals surface area contributed by atoms with Crippen LogP contribution < -0.4 is 11.1 Å². The molecule has 0 spiro atoms. The van der Waals surface area contributed by atoms with E-state index < -0.39 is 0 Å². The third-order valence-electron chi connectivity index (χ3n) is 2.26. The molecule has 3 N–H and O–H groups in total. The molecule has 0 aliphatic carbocycles. The number of amides is 1. The second-order valence-electron chi connectivity index (χ2n) is 4.24. The van der Waals surface area contributed by atoms with Gasteiger partial charge in [0.05, 0.1) is 0 Å². The topological polar surface area (TPSA) is 55.1 Å². The average Bonchev–Trinajstić information content (AvgIpc) is 2.18. The highest BCUT2D eigenvalue weighted by molar-refractivity contribution is 5.94. The molecular weight excluding hydrogens is 188 g/mol. The second-order valence-corrected chi connectivity index (χ2v) is 4.24. The summed E-state index contributed by atoms with van der Waals surface area (Å²) in [4.78, 5) is 11.8. The van der Waals surface area contributed by atoms with Crippen molar-refractivity contribution in [2.45, 2.75) is 25.8 Å². The fourth-order valence-corrected chi connectivity index (χ4v) is 1.39. The van der Waals surface area contributed by atoms with Crippen molar-refractivity contribution in [3.05, 3.63) is 35.9 Å². The summed E-state index contributed by atoms with van der Waals surface area (Å²) >= 11 is 0. The summed E-state index contributed by atoms with van der Waals surface area (Å²) in [6, 6.07) is 9.19. The number of nitrogens with two attached hydrogens (primary N) is 1. The van der Waals surface area contributed by atoms with Gasteiger partial charge in [-0.1, -0.05) is 18.2 Å². The second kappa shape index (κ2) is 4.94. The maximum Gasteiger partial charge on any atom is 0.251 e. The quantitative estimate of drug-likeness (QED) is 0.785. The minimum Gasteiger partial charge on any atom is -0.347 e. The number of carbonyl (C=O) groups is 1. The normalized spacial score (nSPS) is 11.1. The van der Waals surface area contributed by atoms with Gasteiger partial charge in [-0.3, -0.25) is 4.79 Å². The van der Waals surface area contributed by atoms with E-state index in [0.29, 0.717) is 12.1 Å². The first kappa shape index (κ1) is 11.7. The number of rotatable bonds is 4. The molecule has 1 aromatic carbocycles. The molecule has 3 heteroatoms. The van der Waals surface area contributed by atoms with Crippen LogP contribution in [0.5, 0.6) is 0 Å². The van der Waals surface area contributed by atoms with Crippen LogP contribution in [-0.2, 0) is 0 Å². The van der Waals surface area contributed by atoms with E-state index >= 15 is 0 Å². The summed E-state index contributed by atoms with van der Waals surface area (Å²) in [6.07, 6.45) is 0.769. The van der Waals surface area contributed by atoms with Crippen LogP contribution in [0.4, 0.5) is 0 Å². The predicted octanol–water partition coefficient (Wildman–Crippen LogP) is 1.54. The zero-order chi connectivity index (χ0) is 11.3. The largest absolute Gasteiger partial charge is 0.347 e. The number of benzene rings is 1. The number of nitrogens with one attached hydrogen (secondary N) is 1. The molecule has 0 aromatic heterocycles. The van der Waals surface area contributed by atoms with Crippen LogP contribution in [0.3, 0.4) is 0 Å². The summed E-state index contributed by atoms with van der Waals surface area (Å²) in [5, 5.41) is 2.95. The van der Waals surface area contributed by atoms with Crippen LogP contribution in [0.15, 0.2) is 30.3 Å². The summed E-state index contributed by atoms with van der Waals surface area (Å²) in [7, 11) is 0. The maximum atomic E-state index is 11.8. The molecule has 82 valence electrons. The fraction of sp³-hybridized carbons (Fsp3) is 0.417. The highest BCUT2D eigenvalue weighted by Gasteiger charge is 2.19. The van der Waals surface area contributed by atoms with Gasteiger partial charge < -0.3 is 11.1 Å². The lowest BCUT2D eigenvalue weighted by atomic mass is 10.00. The van der Waals surface area contributed by atoms with Gasteiger partial charge in [0.25, 0.3) is 5.91 Å². The number of hydrogen-bond acceptors (Lipinski definition) is 2. The molecule has 0 aliphatic rings. The highest BCUT2D eigenvalue weighted by Crippen LogP contribution is 2.08. The zero-order valence-corrected chi connectivity index (χ0v) is 9.29. The molecule has 3 nitrogen and oxygen atoms in total. The SMILES string of the molecule is CC(C)(CCN)NC(=O)c1ccccc1. The summed E-state index contributed by atoms with van der Waals surface area (Å²) in [5.74, 6) is -0.0472. The first-order chi connectivity index (χ1) is 7.05. The first-order valence-electron chi connectivity index (χ1n) is 5.13. The Morgan fingerprint density at radius 2 is 1.93 bits per heavy atom. The van der Waals surface area contributed by atoms with Crippen molar-refractivity contribution in [3.8, 4) is 0 Å². The molecule has 1 aromatic rings. The van der Waals surface area contributed by atoms with Crippen LogP contribution >= 0.6 is 0 Å². The molecule has 0 saturated heterocycles. The van der Waals surface area contributed by atoms with Gasteiger partial charge in [0.15, 0.2) is 0 Å². The van der Waals surface area contributed by atoms with Gasteiger partial charge in [-0.25, -0.2) is 0 Å². The third-order valence-corrected chi connectivity index (χ3v) is 2.26. The summed E-state index contributed by atoms with van der Waals surface area (Å²) < 4.78 is 0. The van der Waals surface area contributed by atoms with Crippen molar-refractivity contribution in [1.29, 1.82) is 0 Å². The Labute approximate surface area is 90.7 Å². The van der Waals surface area contributed by atoms with E-state index in [1.54, 1.807) is 12.1 Å². The molecule has 0 radical (unpaired) electrons. The molecule has 0 unspecified atom stereocenters. The Morgan fingerprint density at radius 3 is 2.47 bits per heavy atom. The zero-order valence-electron chi connectivity index (χ0n) is 9.29. The summed E-state index contributed by atoms with van der Waals surface area (Å²) in [6.45, 7) is 4.52. The van der Waals surface area contributed by atoms with Crippen molar-refractivity contribution >= 4 is 5.91 Å². The van der Waals surface area contributed by atoms with E-state index in [1.165, 1.54) is 0 Å². The van der Waals surface area contributed by atoms with Gasteiger partial charge in [0.2, 0.25) is 0 Å². The molecule has 1 rings (SSSR count). The van der Waals surface area contributed by atoms with Crippen molar-refractivity contribution < 1.29 is 4.79 Å². The minimum atomic E-state index is -0.248. The minimum absolute atomic E-state index is 0.0472. The van der Waals surface area contributed by atoms with Crippen LogP contribution in [0.2, 0.25) is 0 Å². The van der Waals surface area contributed by atoms with Crippen LogP contribution in [0, 0.1) is 0 Å². The summed E-state index contributed by atoms with van der Waals surface area (Å²) in [5.41, 5.74) is 5.91. The average molecular weight is 206 g/mol. The fourth-order valence-electron chi connectivity index (χ4n) is 1.39. The van der Waals surface area contributed by atoms with Gasteiger partial charge in [-0.15, -0.1) is 0 Å². The third kappa shape index (κ3) is 3.72. The standard InChI is InChI=1S/C12H18N2O/c1-12(2,8-9-13)14-11(15)10-6-4-3-5-7-10/h3-7H,8-9,13H2,1-2H3,(H,14,15). The maximum absolute atomic E-state index is 11.8. The lowest BCUT2D eigenvalue weighted by Crippen LogP contribution is -2.44. The molecule has 0 aliphatic heterocycles. The number of carbonyl (C=O) groups excluding carboxylic acids is 1. The van der Waals surface area contributed by atoms with Gasteiger partial charge in [0.1, 0.15) is 0 Å². The molecule has 0 heterocycles. The van der Waals surface area contributed by atoms with Crippen LogP contribution in [0.1, 0.15) is 30.6 Å². The molecule has 0 fully saturated rings. The van der Waals surface area contributed by atoms with Crippen molar-refractivity contribution in [1.82, 2.24) is 5.32 Å². The van der Waals surface area contributed by atoms with Gasteiger partial charge in [-0.2, -0.15) is 0 Å². The van der Waals surface area contributed by atoms with Gasteiger partial charge in [0, 0.05) is 11.1 Å². The van der Waals surface area contributed by atoms with Gasteiger partial charge >= 0.3 is 0 Å². The van der Waals surface area contributed by atoms with Crippen molar-refractivity contribution in [2.24, 2.45) is 5.73 Å². The van der Waals surface area contributed by atoms with E-state index in [-0.39, 0.29) is 11.4 Å². The van der Waals surface area contributed by atoms with E-state index in [1.807, 2.05) is 32.0 Å². The van der Waals surface area contributed by atoms with Crippen molar-refractivity contribution in [3.63, 3.8) is 0 Å². The lowest BCUT2D eigenvalue weighted by Gasteiger charge is -2.25. The van der Waals surface area contributed by atoms with E-state index in [9.17, 15) is 4.79 Å². The first-order valence-corrected chi connectivity index (χ1v) is 5.13. The molecular formula is C12H18N2O. The van der Waals surface area contributed by atoms with Crippen molar-refractivity contribution in [2.75, 3.05) is 6.54 Å². The smallest absolute Gasteiger partial charge is 0.251 e. The Bertz CT molecular complexity index is 320. The van der Waals surface area contributed by atoms with E-state index in [4.69, 9.17) is 5.73 Å². The van der Waals surface area contributed by atoms with E-state index in [0.717, 1.165) is 6.42 Å². The Balaban J connectivity index is 2.64. The highest BCUT2D eigenvalue weighted by atomic mass is 16.1. The Kier molecular flexibility index (Phi) is 3.86. The van der Waals surface area contributed by atoms with Crippen LogP contribution in [0.25, 0.3) is 0 Å². The molecule has 0 bridgehead atoms. The number of hydrogen-bond donors (Lipinski definition) is 2. The van der Waals surface area contributed by atoms with E-state index in [2.05, 4.69) is 5.32 Å². The van der Waals surface area contributed by atoms with Gasteiger partial charge in [-0.05, 0) is 38.9 Å². The monoisotopic (exact) mass is 206 g/mol. The predicted molar refractivity (Wildman–Crippen MR) is 61.7 cm³/mol. The molecule has 1 amide bonds. The Morgan fingerprint density at radius 1 is 1.33 bits per heavy atom. The molecule has 0 atom stereocenters. The molecule has 0 saturated carbocycles.